The zero-order valence-electron chi connectivity index (χ0n) is 10.2. The van der Waals surface area contributed by atoms with Crippen LogP contribution in [0.15, 0.2) is 18.2 Å². The van der Waals surface area contributed by atoms with Crippen LogP contribution in [0, 0.1) is 5.82 Å². The largest absolute Gasteiger partial charge is 0.481 e. The molecule has 0 amide bonds. The molecular weight excluding hydrogens is 266 g/mol. The molecule has 0 radical (unpaired) electrons. The molecule has 0 aliphatic heterocycles. The van der Waals surface area contributed by atoms with E-state index >= 15 is 0 Å². The molecule has 0 bridgehead atoms. The number of rotatable bonds is 5. The van der Waals surface area contributed by atoms with Gasteiger partial charge in [-0.1, -0.05) is 0 Å². The maximum absolute atomic E-state index is 13.1. The third-order valence-corrected chi connectivity index (χ3v) is 2.44. The van der Waals surface area contributed by atoms with Crippen LogP contribution in [0.3, 0.4) is 0 Å². The standard InChI is InChI=1S/C12H13F4NO2/c1-17(3-2-11(18)19)7-8-4-9(12(14,15)16)6-10(13)5-8/h4-6H,2-3,7H2,1H3,(H,18,19). The molecule has 0 atom stereocenters. The summed E-state index contributed by atoms with van der Waals surface area (Å²) in [5.74, 6) is -1.96. The Hall–Kier alpha value is -1.63. The van der Waals surface area contributed by atoms with E-state index in [0.717, 1.165) is 12.1 Å². The first-order valence-corrected chi connectivity index (χ1v) is 5.45. The van der Waals surface area contributed by atoms with Gasteiger partial charge in [0.2, 0.25) is 0 Å². The average Bonchev–Trinajstić information content (AvgIpc) is 2.24. The van der Waals surface area contributed by atoms with Crippen molar-refractivity contribution < 1.29 is 27.5 Å². The molecule has 0 spiro atoms. The van der Waals surface area contributed by atoms with Crippen LogP contribution in [0.25, 0.3) is 0 Å². The fraction of sp³-hybridized carbons (Fsp3) is 0.417. The van der Waals surface area contributed by atoms with E-state index in [-0.39, 0.29) is 25.1 Å². The summed E-state index contributed by atoms with van der Waals surface area (Å²) in [5, 5.41) is 8.49. The number of hydrogen-bond donors (Lipinski definition) is 1. The molecule has 7 heteroatoms. The van der Waals surface area contributed by atoms with Crippen molar-refractivity contribution in [3.05, 3.63) is 35.1 Å². The van der Waals surface area contributed by atoms with E-state index in [0.29, 0.717) is 6.07 Å². The molecule has 0 aliphatic carbocycles. The highest BCUT2D eigenvalue weighted by Crippen LogP contribution is 2.30. The second-order valence-electron chi connectivity index (χ2n) is 4.23. The summed E-state index contributed by atoms with van der Waals surface area (Å²) in [6.45, 7) is 0.224. The second-order valence-corrected chi connectivity index (χ2v) is 4.23. The van der Waals surface area contributed by atoms with Crippen molar-refractivity contribution in [3.8, 4) is 0 Å². The molecule has 19 heavy (non-hydrogen) atoms. The Labute approximate surface area is 107 Å². The molecule has 3 nitrogen and oxygen atoms in total. The van der Waals surface area contributed by atoms with E-state index in [2.05, 4.69) is 0 Å². The Morgan fingerprint density at radius 1 is 1.32 bits per heavy atom. The summed E-state index contributed by atoms with van der Waals surface area (Å²) in [6.07, 6.45) is -4.73. The van der Waals surface area contributed by atoms with Crippen LogP contribution in [0.2, 0.25) is 0 Å². The SMILES string of the molecule is CN(CCC(=O)O)Cc1cc(F)cc(C(F)(F)F)c1. The van der Waals surface area contributed by atoms with Gasteiger partial charge >= 0.3 is 12.1 Å². The highest BCUT2D eigenvalue weighted by Gasteiger charge is 2.31. The van der Waals surface area contributed by atoms with Gasteiger partial charge in [0.05, 0.1) is 12.0 Å². The van der Waals surface area contributed by atoms with Gasteiger partial charge in [0.1, 0.15) is 5.82 Å². The minimum Gasteiger partial charge on any atom is -0.481 e. The lowest BCUT2D eigenvalue weighted by Gasteiger charge is -2.16. The fourth-order valence-corrected chi connectivity index (χ4v) is 1.58. The Bertz CT molecular complexity index is 460. The molecule has 0 saturated carbocycles. The van der Waals surface area contributed by atoms with E-state index in [1.807, 2.05) is 0 Å². The number of benzene rings is 1. The second kappa shape index (κ2) is 6.01. The van der Waals surface area contributed by atoms with Gasteiger partial charge in [-0.2, -0.15) is 13.2 Å². The number of nitrogens with zero attached hydrogens (tertiary/aromatic N) is 1. The third kappa shape index (κ3) is 5.25. The summed E-state index contributed by atoms with van der Waals surface area (Å²) < 4.78 is 50.6. The maximum atomic E-state index is 13.1. The van der Waals surface area contributed by atoms with E-state index in [1.54, 1.807) is 7.05 Å². The van der Waals surface area contributed by atoms with Crippen LogP contribution in [-0.2, 0) is 17.5 Å². The lowest BCUT2D eigenvalue weighted by molar-refractivity contribution is -0.138. The van der Waals surface area contributed by atoms with Crippen molar-refractivity contribution in [1.29, 1.82) is 0 Å². The molecule has 0 saturated heterocycles. The molecule has 0 aromatic heterocycles. The number of alkyl halides is 3. The van der Waals surface area contributed by atoms with E-state index in [9.17, 15) is 22.4 Å². The van der Waals surface area contributed by atoms with E-state index in [4.69, 9.17) is 5.11 Å². The van der Waals surface area contributed by atoms with Crippen molar-refractivity contribution in [1.82, 2.24) is 4.90 Å². The topological polar surface area (TPSA) is 40.5 Å². The quantitative estimate of drug-likeness (QED) is 0.842. The number of halogens is 4. The van der Waals surface area contributed by atoms with Crippen LogP contribution in [0.4, 0.5) is 17.6 Å². The molecule has 1 aromatic rings. The minimum absolute atomic E-state index is 0.0497. The van der Waals surface area contributed by atoms with Crippen LogP contribution in [0.1, 0.15) is 17.5 Å². The maximum Gasteiger partial charge on any atom is 0.416 e. The van der Waals surface area contributed by atoms with E-state index < -0.39 is 23.5 Å². The number of aliphatic carboxylic acids is 1. The van der Waals surface area contributed by atoms with Gasteiger partial charge in [-0.15, -0.1) is 0 Å². The molecule has 1 N–H and O–H groups in total. The molecule has 0 unspecified atom stereocenters. The normalized spacial score (nSPS) is 11.9. The molecule has 106 valence electrons. The molecule has 0 heterocycles. The first kappa shape index (κ1) is 15.4. The number of hydrogen-bond acceptors (Lipinski definition) is 2. The number of carboxylic acid groups (broad SMARTS) is 1. The smallest absolute Gasteiger partial charge is 0.416 e. The molecule has 0 fully saturated rings. The number of carbonyl (C=O) groups is 1. The Balaban J connectivity index is 2.78. The Kier molecular flexibility index (Phi) is 4.88. The van der Waals surface area contributed by atoms with Crippen molar-refractivity contribution in [2.24, 2.45) is 0 Å². The van der Waals surface area contributed by atoms with Crippen molar-refractivity contribution in [3.63, 3.8) is 0 Å². The van der Waals surface area contributed by atoms with Gasteiger partial charge < -0.3 is 10.0 Å². The zero-order valence-corrected chi connectivity index (χ0v) is 10.2. The van der Waals surface area contributed by atoms with Gasteiger partial charge in [-0.25, -0.2) is 4.39 Å². The van der Waals surface area contributed by atoms with Crippen molar-refractivity contribution in [2.45, 2.75) is 19.1 Å². The van der Waals surface area contributed by atoms with Crippen LogP contribution in [0.5, 0.6) is 0 Å². The first-order chi connectivity index (χ1) is 8.68. The lowest BCUT2D eigenvalue weighted by atomic mass is 10.1. The molecule has 1 rings (SSSR count). The van der Waals surface area contributed by atoms with Crippen LogP contribution >= 0.6 is 0 Å². The van der Waals surface area contributed by atoms with Gasteiger partial charge in [-0.3, -0.25) is 4.79 Å². The Morgan fingerprint density at radius 3 is 2.47 bits per heavy atom. The summed E-state index contributed by atoms with van der Waals surface area (Å²) in [6, 6.07) is 2.30. The summed E-state index contributed by atoms with van der Waals surface area (Å²) in [4.78, 5) is 11.9. The van der Waals surface area contributed by atoms with Gasteiger partial charge in [-0.05, 0) is 30.8 Å². The van der Waals surface area contributed by atoms with Gasteiger partial charge in [0.15, 0.2) is 0 Å². The fourth-order valence-electron chi connectivity index (χ4n) is 1.58. The van der Waals surface area contributed by atoms with Crippen molar-refractivity contribution >= 4 is 5.97 Å². The Morgan fingerprint density at radius 2 is 1.95 bits per heavy atom. The van der Waals surface area contributed by atoms with Crippen LogP contribution in [-0.4, -0.2) is 29.6 Å². The van der Waals surface area contributed by atoms with E-state index in [1.165, 1.54) is 4.90 Å². The number of carboxylic acids is 1. The highest BCUT2D eigenvalue weighted by atomic mass is 19.4. The highest BCUT2D eigenvalue weighted by molar-refractivity contribution is 5.66. The summed E-state index contributed by atoms with van der Waals surface area (Å²) >= 11 is 0. The lowest BCUT2D eigenvalue weighted by Crippen LogP contribution is -2.21. The average molecular weight is 279 g/mol. The third-order valence-electron chi connectivity index (χ3n) is 2.44. The zero-order chi connectivity index (χ0) is 14.6. The van der Waals surface area contributed by atoms with Gasteiger partial charge in [0, 0.05) is 13.1 Å². The van der Waals surface area contributed by atoms with Crippen LogP contribution < -0.4 is 0 Å². The minimum atomic E-state index is -4.60. The molecule has 1 aromatic carbocycles. The molecular formula is C12H13F4NO2. The van der Waals surface area contributed by atoms with Gasteiger partial charge in [0.25, 0.3) is 0 Å². The predicted octanol–water partition coefficient (Wildman–Crippen LogP) is 2.75. The summed E-state index contributed by atoms with van der Waals surface area (Å²) in [7, 11) is 1.56. The first-order valence-electron chi connectivity index (χ1n) is 5.45. The predicted molar refractivity (Wildman–Crippen MR) is 60.0 cm³/mol. The molecule has 0 aliphatic rings. The monoisotopic (exact) mass is 279 g/mol. The van der Waals surface area contributed by atoms with Crippen molar-refractivity contribution in [2.75, 3.05) is 13.6 Å². The summed E-state index contributed by atoms with van der Waals surface area (Å²) in [5.41, 5.74) is -0.894.